The SMILES string of the molecule is C[C@@H]1CCCCN1C1CN(CCCc2cccnc2)C1. The van der Waals surface area contributed by atoms with E-state index in [0.29, 0.717) is 0 Å². The molecule has 0 aliphatic carbocycles. The summed E-state index contributed by atoms with van der Waals surface area (Å²) in [6, 6.07) is 5.86. The summed E-state index contributed by atoms with van der Waals surface area (Å²) in [6.07, 6.45) is 10.5. The Morgan fingerprint density at radius 3 is 2.95 bits per heavy atom. The molecule has 0 N–H and O–H groups in total. The maximum atomic E-state index is 4.18. The van der Waals surface area contributed by atoms with E-state index in [4.69, 9.17) is 0 Å². The molecule has 3 nitrogen and oxygen atoms in total. The number of hydrogen-bond acceptors (Lipinski definition) is 3. The highest BCUT2D eigenvalue weighted by Gasteiger charge is 2.34. The second-order valence-corrected chi connectivity index (χ2v) is 6.46. The smallest absolute Gasteiger partial charge is 0.0353 e. The fourth-order valence-electron chi connectivity index (χ4n) is 3.65. The van der Waals surface area contributed by atoms with E-state index in [1.807, 2.05) is 18.5 Å². The zero-order chi connectivity index (χ0) is 13.8. The lowest BCUT2D eigenvalue weighted by Gasteiger charge is -2.49. The highest BCUT2D eigenvalue weighted by molar-refractivity contribution is 5.08. The number of nitrogens with zero attached hydrogens (tertiary/aromatic N) is 3. The van der Waals surface area contributed by atoms with Gasteiger partial charge in [0.05, 0.1) is 0 Å². The van der Waals surface area contributed by atoms with Gasteiger partial charge in [-0.3, -0.25) is 9.88 Å². The first kappa shape index (κ1) is 14.0. The second-order valence-electron chi connectivity index (χ2n) is 6.46. The summed E-state index contributed by atoms with van der Waals surface area (Å²) < 4.78 is 0. The average molecular weight is 273 g/mol. The number of rotatable bonds is 5. The van der Waals surface area contributed by atoms with Gasteiger partial charge in [0, 0.05) is 37.6 Å². The van der Waals surface area contributed by atoms with Crippen molar-refractivity contribution in [1.29, 1.82) is 0 Å². The van der Waals surface area contributed by atoms with Crippen LogP contribution in [0.1, 0.15) is 38.2 Å². The Balaban J connectivity index is 1.34. The Bertz CT molecular complexity index is 400. The third-order valence-electron chi connectivity index (χ3n) is 4.92. The van der Waals surface area contributed by atoms with E-state index in [-0.39, 0.29) is 0 Å². The van der Waals surface area contributed by atoms with Crippen LogP contribution in [0.5, 0.6) is 0 Å². The van der Waals surface area contributed by atoms with E-state index in [1.54, 1.807) is 0 Å². The molecular weight excluding hydrogens is 246 g/mol. The molecule has 20 heavy (non-hydrogen) atoms. The van der Waals surface area contributed by atoms with Crippen LogP contribution in [-0.4, -0.2) is 53.0 Å². The van der Waals surface area contributed by atoms with E-state index in [9.17, 15) is 0 Å². The van der Waals surface area contributed by atoms with E-state index < -0.39 is 0 Å². The lowest BCUT2D eigenvalue weighted by molar-refractivity contribution is -0.00243. The molecule has 0 aromatic carbocycles. The van der Waals surface area contributed by atoms with Crippen LogP contribution in [0.2, 0.25) is 0 Å². The summed E-state index contributed by atoms with van der Waals surface area (Å²) in [7, 11) is 0. The van der Waals surface area contributed by atoms with Crippen molar-refractivity contribution in [3.05, 3.63) is 30.1 Å². The van der Waals surface area contributed by atoms with Crippen molar-refractivity contribution in [2.24, 2.45) is 0 Å². The lowest BCUT2D eigenvalue weighted by atomic mass is 9.97. The highest BCUT2D eigenvalue weighted by atomic mass is 15.3. The van der Waals surface area contributed by atoms with E-state index >= 15 is 0 Å². The average Bonchev–Trinajstić information content (AvgIpc) is 2.44. The van der Waals surface area contributed by atoms with Gasteiger partial charge < -0.3 is 4.90 Å². The van der Waals surface area contributed by atoms with Gasteiger partial charge in [-0.2, -0.15) is 0 Å². The van der Waals surface area contributed by atoms with Crippen molar-refractivity contribution in [3.63, 3.8) is 0 Å². The maximum Gasteiger partial charge on any atom is 0.0353 e. The molecule has 110 valence electrons. The van der Waals surface area contributed by atoms with Gasteiger partial charge in [-0.05, 0) is 57.3 Å². The minimum absolute atomic E-state index is 0.811. The summed E-state index contributed by atoms with van der Waals surface area (Å²) in [4.78, 5) is 9.54. The minimum Gasteiger partial charge on any atom is -0.300 e. The zero-order valence-corrected chi connectivity index (χ0v) is 12.7. The van der Waals surface area contributed by atoms with Crippen LogP contribution in [0.15, 0.2) is 24.5 Å². The third kappa shape index (κ3) is 3.39. The molecule has 3 rings (SSSR count). The lowest BCUT2D eigenvalue weighted by Crippen LogP contribution is -2.62. The van der Waals surface area contributed by atoms with Crippen LogP contribution in [0.3, 0.4) is 0 Å². The molecule has 1 aromatic rings. The Morgan fingerprint density at radius 1 is 1.30 bits per heavy atom. The number of aryl methyl sites for hydroxylation is 1. The van der Waals surface area contributed by atoms with Gasteiger partial charge in [-0.25, -0.2) is 0 Å². The van der Waals surface area contributed by atoms with E-state index in [0.717, 1.165) is 18.5 Å². The van der Waals surface area contributed by atoms with Gasteiger partial charge in [0.15, 0.2) is 0 Å². The van der Waals surface area contributed by atoms with Gasteiger partial charge in [-0.1, -0.05) is 12.5 Å². The van der Waals surface area contributed by atoms with Crippen LogP contribution in [0.25, 0.3) is 0 Å². The van der Waals surface area contributed by atoms with Gasteiger partial charge in [0.1, 0.15) is 0 Å². The normalized spacial score (nSPS) is 25.6. The van der Waals surface area contributed by atoms with Crippen LogP contribution in [0.4, 0.5) is 0 Å². The molecule has 0 amide bonds. The Morgan fingerprint density at radius 2 is 2.20 bits per heavy atom. The van der Waals surface area contributed by atoms with Gasteiger partial charge in [0.25, 0.3) is 0 Å². The van der Waals surface area contributed by atoms with Gasteiger partial charge in [0.2, 0.25) is 0 Å². The van der Waals surface area contributed by atoms with Gasteiger partial charge in [-0.15, -0.1) is 0 Å². The third-order valence-corrected chi connectivity index (χ3v) is 4.92. The molecule has 0 unspecified atom stereocenters. The first-order valence-corrected chi connectivity index (χ1v) is 8.20. The Labute approximate surface area is 123 Å². The number of pyridine rings is 1. The molecule has 1 aromatic heterocycles. The van der Waals surface area contributed by atoms with E-state index in [2.05, 4.69) is 27.8 Å². The standard InChI is InChI=1S/C17H27N3/c1-15-6-2-3-11-20(15)17-13-19(14-17)10-5-8-16-7-4-9-18-12-16/h4,7,9,12,15,17H,2-3,5-6,8,10-11,13-14H2,1H3/t15-/m1/s1. The van der Waals surface area contributed by atoms with Crippen molar-refractivity contribution in [2.45, 2.75) is 51.1 Å². The Kier molecular flexibility index (Phi) is 4.69. The summed E-state index contributed by atoms with van der Waals surface area (Å²) >= 11 is 0. The molecule has 3 heterocycles. The number of aromatic nitrogens is 1. The van der Waals surface area contributed by atoms with Crippen molar-refractivity contribution in [2.75, 3.05) is 26.2 Å². The molecule has 0 saturated carbocycles. The molecule has 1 atom stereocenters. The van der Waals surface area contributed by atoms with Crippen molar-refractivity contribution >= 4 is 0 Å². The van der Waals surface area contributed by atoms with E-state index in [1.165, 1.54) is 57.4 Å². The van der Waals surface area contributed by atoms with Crippen LogP contribution in [0, 0.1) is 0 Å². The fourth-order valence-corrected chi connectivity index (χ4v) is 3.65. The molecule has 2 saturated heterocycles. The molecular formula is C17H27N3. The minimum atomic E-state index is 0.811. The molecule has 0 bridgehead atoms. The first-order valence-electron chi connectivity index (χ1n) is 8.20. The van der Waals surface area contributed by atoms with Crippen LogP contribution in [-0.2, 0) is 6.42 Å². The molecule has 2 aliphatic rings. The Hall–Kier alpha value is -0.930. The predicted octanol–water partition coefficient (Wildman–Crippen LogP) is 2.57. The highest BCUT2D eigenvalue weighted by Crippen LogP contribution is 2.24. The summed E-state index contributed by atoms with van der Waals surface area (Å²) in [5, 5.41) is 0. The topological polar surface area (TPSA) is 19.4 Å². The zero-order valence-electron chi connectivity index (χ0n) is 12.7. The molecule has 0 radical (unpaired) electrons. The fraction of sp³-hybridized carbons (Fsp3) is 0.706. The molecule has 0 spiro atoms. The molecule has 2 aliphatic heterocycles. The largest absolute Gasteiger partial charge is 0.300 e. The summed E-state index contributed by atoms with van der Waals surface area (Å²) in [5.41, 5.74) is 1.37. The summed E-state index contributed by atoms with van der Waals surface area (Å²) in [5.74, 6) is 0. The van der Waals surface area contributed by atoms with Crippen molar-refractivity contribution in [3.8, 4) is 0 Å². The second kappa shape index (κ2) is 6.68. The molecule has 3 heteroatoms. The summed E-state index contributed by atoms with van der Waals surface area (Å²) in [6.45, 7) is 7.56. The maximum absolute atomic E-state index is 4.18. The van der Waals surface area contributed by atoms with Crippen LogP contribution < -0.4 is 0 Å². The first-order chi connectivity index (χ1) is 9.83. The predicted molar refractivity (Wildman–Crippen MR) is 82.8 cm³/mol. The molecule has 2 fully saturated rings. The number of likely N-dealkylation sites (tertiary alicyclic amines) is 2. The van der Waals surface area contributed by atoms with Gasteiger partial charge >= 0.3 is 0 Å². The number of piperidine rings is 1. The van der Waals surface area contributed by atoms with Crippen molar-refractivity contribution < 1.29 is 0 Å². The monoisotopic (exact) mass is 273 g/mol. The quantitative estimate of drug-likeness (QED) is 0.822. The van der Waals surface area contributed by atoms with Crippen LogP contribution >= 0.6 is 0 Å². The number of hydrogen-bond donors (Lipinski definition) is 0. The van der Waals surface area contributed by atoms with Crippen molar-refractivity contribution in [1.82, 2.24) is 14.8 Å².